The van der Waals surface area contributed by atoms with Gasteiger partial charge < -0.3 is 9.73 Å². The molecule has 1 heterocycles. The van der Waals surface area contributed by atoms with Gasteiger partial charge in [-0.1, -0.05) is 29.3 Å². The van der Waals surface area contributed by atoms with Gasteiger partial charge in [-0.05, 0) is 36.8 Å². The summed E-state index contributed by atoms with van der Waals surface area (Å²) >= 11 is 11.8. The van der Waals surface area contributed by atoms with E-state index >= 15 is 0 Å². The smallest absolute Gasteiger partial charge is 0.105 e. The third-order valence-corrected chi connectivity index (χ3v) is 3.47. The van der Waals surface area contributed by atoms with Gasteiger partial charge in [0.05, 0.1) is 16.3 Å². The molecule has 1 aromatic carbocycles. The maximum Gasteiger partial charge on any atom is 0.105 e. The van der Waals surface area contributed by atoms with Crippen molar-refractivity contribution in [3.63, 3.8) is 0 Å². The van der Waals surface area contributed by atoms with Crippen LogP contribution in [-0.4, -0.2) is 6.04 Å². The Labute approximate surface area is 117 Å². The molecule has 1 atom stereocenters. The monoisotopic (exact) mass is 283 g/mol. The molecular weight excluding hydrogens is 269 g/mol. The van der Waals surface area contributed by atoms with E-state index in [1.165, 1.54) is 0 Å². The summed E-state index contributed by atoms with van der Waals surface area (Å²) in [5.74, 6) is 0.990. The zero-order valence-corrected chi connectivity index (χ0v) is 11.6. The minimum Gasteiger partial charge on any atom is -0.469 e. The van der Waals surface area contributed by atoms with E-state index < -0.39 is 0 Å². The highest BCUT2D eigenvalue weighted by Gasteiger charge is 2.06. The van der Waals surface area contributed by atoms with Gasteiger partial charge >= 0.3 is 0 Å². The number of rotatable bonds is 5. The Morgan fingerprint density at radius 1 is 1.22 bits per heavy atom. The van der Waals surface area contributed by atoms with Gasteiger partial charge in [-0.25, -0.2) is 0 Å². The molecule has 0 aliphatic carbocycles. The molecule has 0 saturated carbocycles. The van der Waals surface area contributed by atoms with E-state index in [0.29, 0.717) is 16.1 Å². The Balaban J connectivity index is 1.85. The first-order valence-electron chi connectivity index (χ1n) is 5.85. The summed E-state index contributed by atoms with van der Waals surface area (Å²) in [6, 6.07) is 9.90. The molecular formula is C14H15Cl2NO. The number of nitrogens with one attached hydrogen (secondary N) is 1. The van der Waals surface area contributed by atoms with Crippen molar-refractivity contribution >= 4 is 23.2 Å². The van der Waals surface area contributed by atoms with Crippen LogP contribution in [-0.2, 0) is 13.0 Å². The van der Waals surface area contributed by atoms with Crippen LogP contribution in [0.2, 0.25) is 10.0 Å². The van der Waals surface area contributed by atoms with E-state index in [-0.39, 0.29) is 0 Å². The van der Waals surface area contributed by atoms with Crippen molar-refractivity contribution in [2.24, 2.45) is 0 Å². The van der Waals surface area contributed by atoms with Gasteiger partial charge in [0.1, 0.15) is 5.76 Å². The number of hydrogen-bond acceptors (Lipinski definition) is 2. The summed E-state index contributed by atoms with van der Waals surface area (Å²) in [6.45, 7) is 2.89. The normalized spacial score (nSPS) is 12.6. The lowest BCUT2D eigenvalue weighted by Gasteiger charge is -2.12. The summed E-state index contributed by atoms with van der Waals surface area (Å²) < 4.78 is 5.31. The quantitative estimate of drug-likeness (QED) is 0.885. The van der Waals surface area contributed by atoms with E-state index in [2.05, 4.69) is 12.2 Å². The van der Waals surface area contributed by atoms with E-state index in [4.69, 9.17) is 27.6 Å². The SMILES string of the molecule is CC(Cc1ccco1)NCc1ccc(Cl)c(Cl)c1. The zero-order valence-electron chi connectivity index (χ0n) is 10.1. The molecule has 0 aliphatic heterocycles. The molecule has 4 heteroatoms. The van der Waals surface area contributed by atoms with Crippen LogP contribution in [0.1, 0.15) is 18.2 Å². The largest absolute Gasteiger partial charge is 0.469 e. The first-order valence-corrected chi connectivity index (χ1v) is 6.60. The van der Waals surface area contributed by atoms with Crippen molar-refractivity contribution in [3.8, 4) is 0 Å². The highest BCUT2D eigenvalue weighted by Crippen LogP contribution is 2.22. The number of hydrogen-bond donors (Lipinski definition) is 1. The van der Waals surface area contributed by atoms with Crippen molar-refractivity contribution in [1.29, 1.82) is 0 Å². The van der Waals surface area contributed by atoms with Gasteiger partial charge in [-0.15, -0.1) is 0 Å². The summed E-state index contributed by atoms with van der Waals surface area (Å²) in [5, 5.41) is 4.60. The first-order chi connectivity index (χ1) is 8.65. The maximum atomic E-state index is 5.97. The molecule has 1 unspecified atom stereocenters. The minimum atomic E-state index is 0.339. The third kappa shape index (κ3) is 3.77. The second-order valence-corrected chi connectivity index (χ2v) is 5.13. The van der Waals surface area contributed by atoms with Crippen LogP contribution in [0, 0.1) is 0 Å². The molecule has 96 valence electrons. The lowest BCUT2D eigenvalue weighted by atomic mass is 10.1. The topological polar surface area (TPSA) is 25.2 Å². The Morgan fingerprint density at radius 3 is 2.72 bits per heavy atom. The van der Waals surface area contributed by atoms with Crippen LogP contribution in [0.15, 0.2) is 41.0 Å². The maximum absolute atomic E-state index is 5.97. The van der Waals surface area contributed by atoms with Gasteiger partial charge in [0.15, 0.2) is 0 Å². The highest BCUT2D eigenvalue weighted by molar-refractivity contribution is 6.42. The van der Waals surface area contributed by atoms with Gasteiger partial charge in [0, 0.05) is 19.0 Å². The Morgan fingerprint density at radius 2 is 2.06 bits per heavy atom. The van der Waals surface area contributed by atoms with Gasteiger partial charge in [0.2, 0.25) is 0 Å². The van der Waals surface area contributed by atoms with E-state index in [0.717, 1.165) is 24.3 Å². The molecule has 2 aromatic rings. The molecule has 0 aliphatic rings. The lowest BCUT2D eigenvalue weighted by molar-refractivity contribution is 0.456. The number of furan rings is 1. The van der Waals surface area contributed by atoms with E-state index in [1.807, 2.05) is 30.3 Å². The van der Waals surface area contributed by atoms with Gasteiger partial charge in [-0.3, -0.25) is 0 Å². The van der Waals surface area contributed by atoms with Crippen LogP contribution in [0.3, 0.4) is 0 Å². The van der Waals surface area contributed by atoms with Crippen LogP contribution in [0.4, 0.5) is 0 Å². The molecule has 1 N–H and O–H groups in total. The van der Waals surface area contributed by atoms with E-state index in [1.54, 1.807) is 6.26 Å². The summed E-state index contributed by atoms with van der Waals surface area (Å²) in [5.41, 5.74) is 1.12. The molecule has 0 fully saturated rings. The predicted octanol–water partition coefficient (Wildman–Crippen LogP) is 4.31. The summed E-state index contributed by atoms with van der Waals surface area (Å²) in [6.07, 6.45) is 2.56. The first kappa shape index (κ1) is 13.5. The second kappa shape index (κ2) is 6.28. The van der Waals surface area contributed by atoms with Crippen LogP contribution in [0.25, 0.3) is 0 Å². The average Bonchev–Trinajstić information content (AvgIpc) is 2.83. The zero-order chi connectivity index (χ0) is 13.0. The molecule has 0 radical (unpaired) electrons. The van der Waals surface area contributed by atoms with E-state index in [9.17, 15) is 0 Å². The highest BCUT2D eigenvalue weighted by atomic mass is 35.5. The molecule has 2 nitrogen and oxygen atoms in total. The van der Waals surface area contributed by atoms with Crippen molar-refractivity contribution in [2.45, 2.75) is 25.9 Å². The second-order valence-electron chi connectivity index (χ2n) is 4.31. The molecule has 0 saturated heterocycles. The number of halogens is 2. The fraction of sp³-hybridized carbons (Fsp3) is 0.286. The van der Waals surface area contributed by atoms with Crippen molar-refractivity contribution < 1.29 is 4.42 Å². The summed E-state index contributed by atoms with van der Waals surface area (Å²) in [7, 11) is 0. The molecule has 2 rings (SSSR count). The summed E-state index contributed by atoms with van der Waals surface area (Å²) in [4.78, 5) is 0. The molecule has 1 aromatic heterocycles. The Hall–Kier alpha value is -0.960. The Kier molecular flexibility index (Phi) is 4.70. The molecule has 0 bridgehead atoms. The van der Waals surface area contributed by atoms with Gasteiger partial charge in [0.25, 0.3) is 0 Å². The van der Waals surface area contributed by atoms with Crippen molar-refractivity contribution in [1.82, 2.24) is 5.32 Å². The molecule has 0 amide bonds. The molecule has 18 heavy (non-hydrogen) atoms. The third-order valence-electron chi connectivity index (χ3n) is 2.73. The fourth-order valence-corrected chi connectivity index (χ4v) is 2.07. The van der Waals surface area contributed by atoms with Crippen LogP contribution < -0.4 is 5.32 Å². The average molecular weight is 284 g/mol. The van der Waals surface area contributed by atoms with Gasteiger partial charge in [-0.2, -0.15) is 0 Å². The van der Waals surface area contributed by atoms with Crippen LogP contribution in [0.5, 0.6) is 0 Å². The van der Waals surface area contributed by atoms with Crippen molar-refractivity contribution in [3.05, 3.63) is 58.0 Å². The standard InChI is InChI=1S/C14H15Cl2NO/c1-10(7-12-3-2-6-18-12)17-9-11-4-5-13(15)14(16)8-11/h2-6,8,10,17H,7,9H2,1H3. The fourth-order valence-electron chi connectivity index (χ4n) is 1.74. The Bertz CT molecular complexity index is 497. The lowest BCUT2D eigenvalue weighted by Crippen LogP contribution is -2.27. The van der Waals surface area contributed by atoms with Crippen molar-refractivity contribution in [2.75, 3.05) is 0 Å². The molecule has 0 spiro atoms. The minimum absolute atomic E-state index is 0.339. The predicted molar refractivity (Wildman–Crippen MR) is 75.2 cm³/mol. The number of benzene rings is 1. The van der Waals surface area contributed by atoms with Crippen LogP contribution >= 0.6 is 23.2 Å².